The SMILES string of the molecule is CN=C(NCCC(=O)OC)NCCc1cccc(C(=O)N(C)C)c1.I. The van der Waals surface area contributed by atoms with Crippen molar-refractivity contribution in [3.8, 4) is 0 Å². The normalized spacial score (nSPS) is 10.5. The lowest BCUT2D eigenvalue weighted by molar-refractivity contribution is -0.140. The summed E-state index contributed by atoms with van der Waals surface area (Å²) in [6.07, 6.45) is 1.04. The second-order valence-corrected chi connectivity index (χ2v) is 5.40. The van der Waals surface area contributed by atoms with Crippen LogP contribution in [-0.4, -0.2) is 64.1 Å². The van der Waals surface area contributed by atoms with Crippen molar-refractivity contribution in [3.05, 3.63) is 35.4 Å². The molecule has 0 bridgehead atoms. The van der Waals surface area contributed by atoms with Crippen molar-refractivity contribution < 1.29 is 14.3 Å². The van der Waals surface area contributed by atoms with Crippen LogP contribution in [0.1, 0.15) is 22.3 Å². The molecule has 1 aromatic rings. The molecule has 0 atom stereocenters. The van der Waals surface area contributed by atoms with Crippen LogP contribution in [0.2, 0.25) is 0 Å². The van der Waals surface area contributed by atoms with Crippen molar-refractivity contribution in [1.82, 2.24) is 15.5 Å². The Labute approximate surface area is 166 Å². The Hall–Kier alpha value is -1.84. The molecule has 1 aromatic carbocycles. The molecule has 0 unspecified atom stereocenters. The number of esters is 1. The van der Waals surface area contributed by atoms with Crippen LogP contribution in [0.5, 0.6) is 0 Å². The number of nitrogens with one attached hydrogen (secondary N) is 2. The Morgan fingerprint density at radius 1 is 1.20 bits per heavy atom. The number of carbonyl (C=O) groups excluding carboxylic acids is 2. The van der Waals surface area contributed by atoms with Crippen molar-refractivity contribution >= 4 is 41.8 Å². The summed E-state index contributed by atoms with van der Waals surface area (Å²) in [7, 11) is 6.51. The first kappa shape index (κ1) is 23.2. The molecule has 0 radical (unpaired) electrons. The Balaban J connectivity index is 0.00000576. The maximum atomic E-state index is 12.0. The van der Waals surface area contributed by atoms with Crippen LogP contribution in [0.15, 0.2) is 29.3 Å². The van der Waals surface area contributed by atoms with Crippen LogP contribution in [0.25, 0.3) is 0 Å². The second-order valence-electron chi connectivity index (χ2n) is 5.40. The maximum absolute atomic E-state index is 12.0. The summed E-state index contributed by atoms with van der Waals surface area (Å²) < 4.78 is 4.58. The van der Waals surface area contributed by atoms with E-state index in [2.05, 4.69) is 20.4 Å². The minimum absolute atomic E-state index is 0. The molecule has 0 saturated heterocycles. The van der Waals surface area contributed by atoms with Crippen molar-refractivity contribution in [1.29, 1.82) is 0 Å². The molecular weight excluding hydrogens is 435 g/mol. The molecule has 8 heteroatoms. The molecule has 0 spiro atoms. The van der Waals surface area contributed by atoms with Crippen molar-refractivity contribution in [2.75, 3.05) is 41.3 Å². The average Bonchev–Trinajstić information content (AvgIpc) is 2.59. The van der Waals surface area contributed by atoms with E-state index in [1.54, 1.807) is 26.0 Å². The topological polar surface area (TPSA) is 83.0 Å². The zero-order valence-electron chi connectivity index (χ0n) is 15.2. The number of rotatable bonds is 7. The van der Waals surface area contributed by atoms with E-state index < -0.39 is 0 Å². The minimum Gasteiger partial charge on any atom is -0.469 e. The number of nitrogens with zero attached hydrogens (tertiary/aromatic N) is 2. The molecule has 140 valence electrons. The van der Waals surface area contributed by atoms with Crippen LogP contribution >= 0.6 is 24.0 Å². The predicted molar refractivity (Wildman–Crippen MR) is 110 cm³/mol. The summed E-state index contributed by atoms with van der Waals surface area (Å²) >= 11 is 0. The van der Waals surface area contributed by atoms with Gasteiger partial charge in [0.25, 0.3) is 5.91 Å². The monoisotopic (exact) mass is 462 g/mol. The van der Waals surface area contributed by atoms with Crippen LogP contribution in [0, 0.1) is 0 Å². The minimum atomic E-state index is -0.264. The van der Waals surface area contributed by atoms with Gasteiger partial charge in [0, 0.05) is 39.8 Å². The number of hydrogen-bond acceptors (Lipinski definition) is 4. The Bertz CT molecular complexity index is 591. The summed E-state index contributed by atoms with van der Waals surface area (Å²) in [6, 6.07) is 7.58. The predicted octanol–water partition coefficient (Wildman–Crippen LogP) is 1.28. The van der Waals surface area contributed by atoms with Crippen molar-refractivity contribution in [2.24, 2.45) is 4.99 Å². The fourth-order valence-corrected chi connectivity index (χ4v) is 2.05. The Morgan fingerprint density at radius 3 is 2.48 bits per heavy atom. The number of carbonyl (C=O) groups is 2. The van der Waals surface area contributed by atoms with Crippen LogP contribution in [0.4, 0.5) is 0 Å². The van der Waals surface area contributed by atoms with Gasteiger partial charge in [-0.1, -0.05) is 12.1 Å². The third-order valence-electron chi connectivity index (χ3n) is 3.36. The highest BCUT2D eigenvalue weighted by atomic mass is 127. The summed E-state index contributed by atoms with van der Waals surface area (Å²) in [4.78, 5) is 28.7. The molecule has 0 aliphatic carbocycles. The number of methoxy groups -OCH3 is 1. The second kappa shape index (κ2) is 12.5. The van der Waals surface area contributed by atoms with Gasteiger partial charge >= 0.3 is 5.97 Å². The zero-order chi connectivity index (χ0) is 17.9. The quantitative estimate of drug-likeness (QED) is 0.276. The molecule has 1 rings (SSSR count). The van der Waals surface area contributed by atoms with Crippen LogP contribution in [-0.2, 0) is 16.0 Å². The van der Waals surface area contributed by atoms with E-state index >= 15 is 0 Å². The zero-order valence-corrected chi connectivity index (χ0v) is 17.5. The Kier molecular flexibility index (Phi) is 11.6. The molecule has 25 heavy (non-hydrogen) atoms. The first-order chi connectivity index (χ1) is 11.5. The fourth-order valence-electron chi connectivity index (χ4n) is 2.05. The molecule has 1 amide bonds. The van der Waals surface area contributed by atoms with E-state index in [1.807, 2.05) is 24.3 Å². The fraction of sp³-hybridized carbons (Fsp3) is 0.471. The van der Waals surface area contributed by atoms with Gasteiger partial charge in [0.2, 0.25) is 0 Å². The number of hydrogen-bond donors (Lipinski definition) is 2. The third-order valence-corrected chi connectivity index (χ3v) is 3.36. The van der Waals surface area contributed by atoms with Crippen LogP contribution in [0.3, 0.4) is 0 Å². The molecule has 0 fully saturated rings. The molecule has 0 aliphatic rings. The average molecular weight is 462 g/mol. The van der Waals surface area contributed by atoms with Gasteiger partial charge in [0.15, 0.2) is 5.96 Å². The third kappa shape index (κ3) is 8.71. The Morgan fingerprint density at radius 2 is 1.88 bits per heavy atom. The number of halogens is 1. The lowest BCUT2D eigenvalue weighted by atomic mass is 10.1. The van der Waals surface area contributed by atoms with Gasteiger partial charge in [-0.3, -0.25) is 14.6 Å². The van der Waals surface area contributed by atoms with E-state index in [4.69, 9.17) is 0 Å². The number of guanidine groups is 1. The van der Waals surface area contributed by atoms with E-state index in [1.165, 1.54) is 7.11 Å². The molecule has 0 aromatic heterocycles. The summed E-state index contributed by atoms with van der Waals surface area (Å²) in [5.74, 6) is 0.352. The lowest BCUT2D eigenvalue weighted by Crippen LogP contribution is -2.39. The standard InChI is InChI=1S/C17H26N4O3.HI/c1-18-17(20-11-9-15(22)24-4)19-10-8-13-6-5-7-14(12-13)16(23)21(2)3;/h5-7,12H,8-11H2,1-4H3,(H2,18,19,20);1H. The van der Waals surface area contributed by atoms with Gasteiger partial charge < -0.3 is 20.3 Å². The highest BCUT2D eigenvalue weighted by Crippen LogP contribution is 2.07. The first-order valence-electron chi connectivity index (χ1n) is 7.80. The van der Waals surface area contributed by atoms with Gasteiger partial charge in [-0.05, 0) is 24.1 Å². The van der Waals surface area contributed by atoms with Crippen LogP contribution < -0.4 is 10.6 Å². The van der Waals surface area contributed by atoms with Gasteiger partial charge in [0.1, 0.15) is 0 Å². The summed E-state index contributed by atoms with van der Waals surface area (Å²) in [6.45, 7) is 1.12. The summed E-state index contributed by atoms with van der Waals surface area (Å²) in [5.41, 5.74) is 1.75. The van der Waals surface area contributed by atoms with Gasteiger partial charge in [0.05, 0.1) is 13.5 Å². The molecule has 7 nitrogen and oxygen atoms in total. The largest absolute Gasteiger partial charge is 0.469 e. The smallest absolute Gasteiger partial charge is 0.307 e. The van der Waals surface area contributed by atoms with Crippen molar-refractivity contribution in [2.45, 2.75) is 12.8 Å². The number of ether oxygens (including phenoxy) is 1. The molecule has 0 aliphatic heterocycles. The van der Waals surface area contributed by atoms with E-state index in [0.29, 0.717) is 24.6 Å². The van der Waals surface area contributed by atoms with E-state index in [-0.39, 0.29) is 42.3 Å². The molecule has 0 heterocycles. The first-order valence-corrected chi connectivity index (χ1v) is 7.80. The van der Waals surface area contributed by atoms with Gasteiger partial charge in [-0.25, -0.2) is 0 Å². The molecular formula is C17H27IN4O3. The number of amides is 1. The maximum Gasteiger partial charge on any atom is 0.307 e. The highest BCUT2D eigenvalue weighted by Gasteiger charge is 2.08. The van der Waals surface area contributed by atoms with E-state index in [9.17, 15) is 9.59 Å². The highest BCUT2D eigenvalue weighted by molar-refractivity contribution is 14.0. The van der Waals surface area contributed by atoms with Gasteiger partial charge in [-0.2, -0.15) is 0 Å². The lowest BCUT2D eigenvalue weighted by Gasteiger charge is -2.13. The molecule has 0 saturated carbocycles. The summed E-state index contributed by atoms with van der Waals surface area (Å²) in [5, 5.41) is 6.22. The van der Waals surface area contributed by atoms with Gasteiger partial charge in [-0.15, -0.1) is 24.0 Å². The molecule has 2 N–H and O–H groups in total. The van der Waals surface area contributed by atoms with E-state index in [0.717, 1.165) is 12.0 Å². The van der Waals surface area contributed by atoms with Crippen molar-refractivity contribution in [3.63, 3.8) is 0 Å². The number of benzene rings is 1. The number of aliphatic imine (C=N–C) groups is 1.